The summed E-state index contributed by atoms with van der Waals surface area (Å²) in [6.07, 6.45) is 0. The molecule has 3 aromatic rings. The summed E-state index contributed by atoms with van der Waals surface area (Å²) >= 11 is 0. The van der Waals surface area contributed by atoms with E-state index in [1.807, 2.05) is 0 Å². The molecule has 142 valence electrons. The first-order valence-corrected chi connectivity index (χ1v) is 8.64. The van der Waals surface area contributed by atoms with Gasteiger partial charge >= 0.3 is 0 Å². The summed E-state index contributed by atoms with van der Waals surface area (Å²) in [4.78, 5) is 24.8. The number of methoxy groups -OCH3 is 1. The quantitative estimate of drug-likeness (QED) is 0.681. The van der Waals surface area contributed by atoms with Crippen LogP contribution in [0.25, 0.3) is 0 Å². The second-order valence-electron chi connectivity index (χ2n) is 6.04. The third kappa shape index (κ3) is 4.73. The molecule has 0 aromatic heterocycles. The molecular weight excluding hydrogens is 359 g/mol. The number of nitrogens with one attached hydrogen (secondary N) is 2. The van der Waals surface area contributed by atoms with Crippen LogP contribution in [0.5, 0.6) is 5.75 Å². The molecule has 0 radical (unpaired) electrons. The number of benzene rings is 3. The molecule has 3 aromatic carbocycles. The Bertz CT molecular complexity index is 987. The van der Waals surface area contributed by atoms with Crippen LogP contribution in [0.1, 0.15) is 26.3 Å². The standard InChI is InChI=1S/C22H19FN2O3/c1-28-19-11-9-18(10-12-19)25-22(27)16-7-4-6-15(13-16)21(26)24-14-17-5-2-3-8-20(17)23/h2-13H,14H2,1H3,(H,24,26)(H,25,27). The molecule has 0 fully saturated rings. The third-order valence-electron chi connectivity index (χ3n) is 4.13. The second-order valence-corrected chi connectivity index (χ2v) is 6.04. The minimum absolute atomic E-state index is 0.0633. The van der Waals surface area contributed by atoms with Gasteiger partial charge in [-0.1, -0.05) is 24.3 Å². The Balaban J connectivity index is 1.66. The van der Waals surface area contributed by atoms with Gasteiger partial charge in [0.05, 0.1) is 7.11 Å². The molecule has 0 spiro atoms. The zero-order valence-corrected chi connectivity index (χ0v) is 15.2. The fraction of sp³-hybridized carbons (Fsp3) is 0.0909. The Labute approximate surface area is 162 Å². The summed E-state index contributed by atoms with van der Waals surface area (Å²) in [5.41, 5.74) is 1.66. The Morgan fingerprint density at radius 3 is 2.25 bits per heavy atom. The van der Waals surface area contributed by atoms with Crippen LogP contribution in [-0.2, 0) is 6.54 Å². The third-order valence-corrected chi connectivity index (χ3v) is 4.13. The van der Waals surface area contributed by atoms with E-state index < -0.39 is 0 Å². The number of halogens is 1. The lowest BCUT2D eigenvalue weighted by molar-refractivity contribution is 0.0950. The van der Waals surface area contributed by atoms with Gasteiger partial charge in [0.2, 0.25) is 0 Å². The maximum absolute atomic E-state index is 13.7. The van der Waals surface area contributed by atoms with Gasteiger partial charge in [0.15, 0.2) is 0 Å². The van der Waals surface area contributed by atoms with Gasteiger partial charge in [-0.25, -0.2) is 4.39 Å². The SMILES string of the molecule is COc1ccc(NC(=O)c2cccc(C(=O)NCc3ccccc3F)c2)cc1. The Hall–Kier alpha value is -3.67. The smallest absolute Gasteiger partial charge is 0.255 e. The maximum atomic E-state index is 13.7. The van der Waals surface area contributed by atoms with Gasteiger partial charge in [-0.15, -0.1) is 0 Å². The minimum Gasteiger partial charge on any atom is -0.497 e. The van der Waals surface area contributed by atoms with Gasteiger partial charge in [0.25, 0.3) is 11.8 Å². The number of rotatable bonds is 6. The highest BCUT2D eigenvalue weighted by Crippen LogP contribution is 2.16. The number of ether oxygens (including phenoxy) is 1. The van der Waals surface area contributed by atoms with E-state index in [0.717, 1.165) is 0 Å². The lowest BCUT2D eigenvalue weighted by Gasteiger charge is -2.09. The molecule has 2 amide bonds. The fourth-order valence-corrected chi connectivity index (χ4v) is 2.60. The maximum Gasteiger partial charge on any atom is 0.255 e. The highest BCUT2D eigenvalue weighted by molar-refractivity contribution is 6.06. The van der Waals surface area contributed by atoms with Gasteiger partial charge in [0, 0.05) is 28.9 Å². The van der Waals surface area contributed by atoms with Crippen molar-refractivity contribution >= 4 is 17.5 Å². The number of carbonyl (C=O) groups is 2. The summed E-state index contributed by atoms with van der Waals surface area (Å²) in [6, 6.07) is 19.5. The molecular formula is C22H19FN2O3. The van der Waals surface area contributed by atoms with E-state index in [1.165, 1.54) is 12.1 Å². The van der Waals surface area contributed by atoms with Gasteiger partial charge < -0.3 is 15.4 Å². The molecule has 28 heavy (non-hydrogen) atoms. The van der Waals surface area contributed by atoms with Crippen LogP contribution in [0, 0.1) is 5.82 Å². The van der Waals surface area contributed by atoms with Crippen molar-refractivity contribution in [2.45, 2.75) is 6.54 Å². The highest BCUT2D eigenvalue weighted by Gasteiger charge is 2.11. The van der Waals surface area contributed by atoms with Crippen LogP contribution < -0.4 is 15.4 Å². The molecule has 3 rings (SSSR count). The van der Waals surface area contributed by atoms with E-state index in [1.54, 1.807) is 67.8 Å². The number of hydrogen-bond acceptors (Lipinski definition) is 3. The minimum atomic E-state index is -0.387. The molecule has 0 aliphatic heterocycles. The van der Waals surface area contributed by atoms with E-state index in [-0.39, 0.29) is 24.2 Å². The normalized spacial score (nSPS) is 10.2. The first-order valence-electron chi connectivity index (χ1n) is 8.64. The van der Waals surface area contributed by atoms with E-state index in [0.29, 0.717) is 28.1 Å². The number of amides is 2. The molecule has 5 nitrogen and oxygen atoms in total. The summed E-state index contributed by atoms with van der Waals surface area (Å²) in [7, 11) is 1.57. The van der Waals surface area contributed by atoms with Gasteiger partial charge in [-0.3, -0.25) is 9.59 Å². The van der Waals surface area contributed by atoms with Crippen LogP contribution in [0.15, 0.2) is 72.8 Å². The van der Waals surface area contributed by atoms with Crippen molar-refractivity contribution < 1.29 is 18.7 Å². The Morgan fingerprint density at radius 1 is 0.893 bits per heavy atom. The Morgan fingerprint density at radius 2 is 1.57 bits per heavy atom. The van der Waals surface area contributed by atoms with Crippen LogP contribution in [0.3, 0.4) is 0 Å². The topological polar surface area (TPSA) is 67.4 Å². The van der Waals surface area contributed by atoms with Crippen LogP contribution in [0.2, 0.25) is 0 Å². The van der Waals surface area contributed by atoms with Crippen LogP contribution in [0.4, 0.5) is 10.1 Å². The van der Waals surface area contributed by atoms with E-state index >= 15 is 0 Å². The summed E-state index contributed by atoms with van der Waals surface area (Å²) in [5.74, 6) is -0.418. The highest BCUT2D eigenvalue weighted by atomic mass is 19.1. The lowest BCUT2D eigenvalue weighted by Crippen LogP contribution is -2.24. The summed E-state index contributed by atoms with van der Waals surface area (Å²) < 4.78 is 18.7. The summed E-state index contributed by atoms with van der Waals surface area (Å²) in [6.45, 7) is 0.0633. The van der Waals surface area contributed by atoms with Gasteiger partial charge in [-0.05, 0) is 48.5 Å². The molecule has 0 heterocycles. The van der Waals surface area contributed by atoms with E-state index in [9.17, 15) is 14.0 Å². The fourth-order valence-electron chi connectivity index (χ4n) is 2.60. The molecule has 0 unspecified atom stereocenters. The predicted molar refractivity (Wildman–Crippen MR) is 105 cm³/mol. The van der Waals surface area contributed by atoms with Crippen molar-refractivity contribution in [2.75, 3.05) is 12.4 Å². The number of hydrogen-bond donors (Lipinski definition) is 2. The second kappa shape index (κ2) is 8.81. The average Bonchev–Trinajstić information content (AvgIpc) is 2.73. The van der Waals surface area contributed by atoms with Crippen molar-refractivity contribution in [3.63, 3.8) is 0 Å². The lowest BCUT2D eigenvalue weighted by atomic mass is 10.1. The first kappa shape index (κ1) is 19.1. The monoisotopic (exact) mass is 378 g/mol. The summed E-state index contributed by atoms with van der Waals surface area (Å²) in [5, 5.41) is 5.43. The largest absolute Gasteiger partial charge is 0.497 e. The van der Waals surface area contributed by atoms with E-state index in [2.05, 4.69) is 10.6 Å². The molecule has 0 saturated heterocycles. The van der Waals surface area contributed by atoms with Crippen molar-refractivity contribution in [2.24, 2.45) is 0 Å². The van der Waals surface area contributed by atoms with Gasteiger partial charge in [0.1, 0.15) is 11.6 Å². The average molecular weight is 378 g/mol. The van der Waals surface area contributed by atoms with Crippen molar-refractivity contribution in [1.29, 1.82) is 0 Å². The van der Waals surface area contributed by atoms with E-state index in [4.69, 9.17) is 4.74 Å². The Kier molecular flexibility index (Phi) is 6.01. The van der Waals surface area contributed by atoms with Gasteiger partial charge in [-0.2, -0.15) is 0 Å². The molecule has 6 heteroatoms. The van der Waals surface area contributed by atoms with Crippen LogP contribution >= 0.6 is 0 Å². The number of carbonyl (C=O) groups excluding carboxylic acids is 2. The van der Waals surface area contributed by atoms with Crippen molar-refractivity contribution in [3.8, 4) is 5.75 Å². The molecule has 0 bridgehead atoms. The van der Waals surface area contributed by atoms with Crippen LogP contribution in [-0.4, -0.2) is 18.9 Å². The zero-order valence-electron chi connectivity index (χ0n) is 15.2. The molecule has 0 aliphatic carbocycles. The molecule has 2 N–H and O–H groups in total. The van der Waals surface area contributed by atoms with Crippen molar-refractivity contribution in [3.05, 3.63) is 95.3 Å². The molecule has 0 saturated carbocycles. The zero-order chi connectivity index (χ0) is 19.9. The van der Waals surface area contributed by atoms with Crippen molar-refractivity contribution in [1.82, 2.24) is 5.32 Å². The molecule has 0 aliphatic rings. The predicted octanol–water partition coefficient (Wildman–Crippen LogP) is 4.02. The number of anilines is 1. The first-order chi connectivity index (χ1) is 13.6. The molecule has 0 atom stereocenters.